The van der Waals surface area contributed by atoms with Gasteiger partial charge >= 0.3 is 0 Å². The lowest BCUT2D eigenvalue weighted by molar-refractivity contribution is -0.825. The summed E-state index contributed by atoms with van der Waals surface area (Å²) in [5.41, 5.74) is 1.58. The van der Waals surface area contributed by atoms with Gasteiger partial charge in [0.2, 0.25) is 5.88 Å². The van der Waals surface area contributed by atoms with Crippen molar-refractivity contribution in [1.82, 2.24) is 4.98 Å². The number of hydrogen-bond acceptors (Lipinski definition) is 4. The van der Waals surface area contributed by atoms with Gasteiger partial charge in [-0.3, -0.25) is 0 Å². The van der Waals surface area contributed by atoms with Crippen molar-refractivity contribution in [2.45, 2.75) is 0 Å². The van der Waals surface area contributed by atoms with Crippen molar-refractivity contribution in [3.63, 3.8) is 0 Å². The molecule has 5 nitrogen and oxygen atoms in total. The summed E-state index contributed by atoms with van der Waals surface area (Å²) in [6.07, 6.45) is 1.48. The fraction of sp³-hybridized carbons (Fsp3) is 0.286. The normalized spacial score (nSPS) is 9.83. The number of quaternary nitrogens is 1. The van der Waals surface area contributed by atoms with Gasteiger partial charge in [0, 0.05) is 12.1 Å². The van der Waals surface area contributed by atoms with E-state index in [0.29, 0.717) is 11.6 Å². The first kappa shape index (κ1) is 8.92. The highest BCUT2D eigenvalue weighted by Crippen LogP contribution is 2.06. The van der Waals surface area contributed by atoms with Gasteiger partial charge in [0.05, 0.1) is 12.8 Å². The highest BCUT2D eigenvalue weighted by atomic mass is 16.5. The standard InChI is InChI=1S/C7H10N2O3/c10-3-4-12-7-2-1-6(9-11)5-8-7/h1-2,5,9-11H,3-4H2/p+1. The molecule has 0 fully saturated rings. The molecule has 0 saturated heterocycles. The average Bonchev–Trinajstić information content (AvgIpc) is 2.15. The van der Waals surface area contributed by atoms with Crippen molar-refractivity contribution in [2.24, 2.45) is 0 Å². The first-order valence-corrected chi connectivity index (χ1v) is 3.54. The zero-order valence-electron chi connectivity index (χ0n) is 6.47. The molecular weight excluding hydrogens is 160 g/mol. The van der Waals surface area contributed by atoms with E-state index < -0.39 is 0 Å². The van der Waals surface area contributed by atoms with Gasteiger partial charge in [0.25, 0.3) is 0 Å². The monoisotopic (exact) mass is 171 g/mol. The molecule has 0 bridgehead atoms. The summed E-state index contributed by atoms with van der Waals surface area (Å²) in [4.78, 5) is 3.86. The largest absolute Gasteiger partial charge is 0.475 e. The van der Waals surface area contributed by atoms with Crippen LogP contribution in [0.2, 0.25) is 0 Å². The Balaban J connectivity index is 2.53. The Bertz CT molecular complexity index is 225. The number of pyridine rings is 1. The van der Waals surface area contributed by atoms with E-state index in [2.05, 4.69) is 4.98 Å². The third-order valence-electron chi connectivity index (χ3n) is 1.25. The fourth-order valence-electron chi connectivity index (χ4n) is 0.704. The smallest absolute Gasteiger partial charge is 0.213 e. The number of aliphatic hydroxyl groups excluding tert-OH is 1. The minimum Gasteiger partial charge on any atom is -0.475 e. The summed E-state index contributed by atoms with van der Waals surface area (Å²) >= 11 is 0. The van der Waals surface area contributed by atoms with Gasteiger partial charge in [0.1, 0.15) is 6.61 Å². The number of hydrogen-bond donors (Lipinski definition) is 3. The SMILES string of the molecule is OCCOc1ccc([NH2+]O)cn1. The van der Waals surface area contributed by atoms with Gasteiger partial charge < -0.3 is 9.84 Å². The number of aliphatic hydroxyl groups is 1. The van der Waals surface area contributed by atoms with Crippen LogP contribution in [0.4, 0.5) is 5.69 Å². The van der Waals surface area contributed by atoms with Crippen molar-refractivity contribution in [3.8, 4) is 5.88 Å². The first-order valence-electron chi connectivity index (χ1n) is 3.54. The Kier molecular flexibility index (Phi) is 3.46. The van der Waals surface area contributed by atoms with Crippen molar-refractivity contribution >= 4 is 5.69 Å². The van der Waals surface area contributed by atoms with Crippen molar-refractivity contribution in [1.29, 1.82) is 0 Å². The molecule has 0 aliphatic heterocycles. The minimum absolute atomic E-state index is 0.0322. The number of nitrogens with two attached hydrogens (primary N) is 1. The topological polar surface area (TPSA) is 79.2 Å². The maximum Gasteiger partial charge on any atom is 0.213 e. The van der Waals surface area contributed by atoms with Crippen LogP contribution >= 0.6 is 0 Å². The van der Waals surface area contributed by atoms with Gasteiger partial charge in [-0.1, -0.05) is 0 Å². The van der Waals surface area contributed by atoms with Crippen LogP contribution in [0.25, 0.3) is 0 Å². The Hall–Kier alpha value is -1.17. The lowest BCUT2D eigenvalue weighted by atomic mass is 10.4. The zero-order chi connectivity index (χ0) is 8.81. The molecule has 66 valence electrons. The molecule has 1 aromatic heterocycles. The molecule has 4 N–H and O–H groups in total. The molecule has 1 rings (SSSR count). The molecule has 12 heavy (non-hydrogen) atoms. The second kappa shape index (κ2) is 4.66. The van der Waals surface area contributed by atoms with E-state index in [-0.39, 0.29) is 13.2 Å². The van der Waals surface area contributed by atoms with Crippen LogP contribution in [0, 0.1) is 0 Å². The molecule has 0 saturated carbocycles. The van der Waals surface area contributed by atoms with Crippen LogP contribution in [-0.4, -0.2) is 28.5 Å². The van der Waals surface area contributed by atoms with Crippen molar-refractivity contribution < 1.29 is 20.5 Å². The van der Waals surface area contributed by atoms with Gasteiger partial charge in [-0.15, -0.1) is 0 Å². The molecule has 0 atom stereocenters. The quantitative estimate of drug-likeness (QED) is 0.510. The van der Waals surface area contributed by atoms with E-state index in [1.807, 2.05) is 0 Å². The Morgan fingerprint density at radius 1 is 1.50 bits per heavy atom. The molecule has 0 amide bonds. The average molecular weight is 171 g/mol. The summed E-state index contributed by atoms with van der Waals surface area (Å²) in [5.74, 6) is 0.439. The van der Waals surface area contributed by atoms with Crippen molar-refractivity contribution in [3.05, 3.63) is 18.3 Å². The van der Waals surface area contributed by atoms with E-state index in [1.165, 1.54) is 6.20 Å². The van der Waals surface area contributed by atoms with Gasteiger partial charge in [-0.25, -0.2) is 10.2 Å². The number of ether oxygens (including phenoxy) is 1. The molecule has 0 unspecified atom stereocenters. The summed E-state index contributed by atoms with van der Waals surface area (Å²) in [7, 11) is 0. The number of rotatable bonds is 4. The molecular formula is C7H11N2O3+. The van der Waals surface area contributed by atoms with Crippen LogP contribution in [0.1, 0.15) is 0 Å². The van der Waals surface area contributed by atoms with Crippen LogP contribution in [0.15, 0.2) is 18.3 Å². The van der Waals surface area contributed by atoms with E-state index in [1.54, 1.807) is 12.1 Å². The van der Waals surface area contributed by atoms with Crippen LogP contribution in [0.3, 0.4) is 0 Å². The molecule has 0 aliphatic carbocycles. The van der Waals surface area contributed by atoms with Crippen LogP contribution in [-0.2, 0) is 0 Å². The lowest BCUT2D eigenvalue weighted by Gasteiger charge is -2.01. The van der Waals surface area contributed by atoms with Gasteiger partial charge in [0.15, 0.2) is 5.69 Å². The van der Waals surface area contributed by atoms with Crippen LogP contribution in [0.5, 0.6) is 5.88 Å². The Morgan fingerprint density at radius 3 is 2.83 bits per heavy atom. The number of nitrogens with zero attached hydrogens (tertiary/aromatic N) is 1. The third kappa shape index (κ3) is 2.46. The predicted octanol–water partition coefficient (Wildman–Crippen LogP) is -0.963. The molecule has 5 heteroatoms. The molecule has 0 spiro atoms. The minimum atomic E-state index is -0.0322. The van der Waals surface area contributed by atoms with E-state index in [0.717, 1.165) is 5.48 Å². The lowest BCUT2D eigenvalue weighted by Crippen LogP contribution is -2.73. The molecule has 1 heterocycles. The van der Waals surface area contributed by atoms with E-state index >= 15 is 0 Å². The van der Waals surface area contributed by atoms with Crippen molar-refractivity contribution in [2.75, 3.05) is 13.2 Å². The summed E-state index contributed by atoms with van der Waals surface area (Å²) in [6, 6.07) is 3.29. The molecule has 0 aromatic carbocycles. The molecule has 0 aliphatic rings. The highest BCUT2D eigenvalue weighted by Gasteiger charge is 1.97. The Labute approximate surface area is 69.6 Å². The maximum absolute atomic E-state index is 8.56. The van der Waals surface area contributed by atoms with Crippen LogP contribution < -0.4 is 10.2 Å². The number of aromatic nitrogens is 1. The summed E-state index contributed by atoms with van der Waals surface area (Å²) in [6.45, 7) is 0.199. The molecule has 0 radical (unpaired) electrons. The van der Waals surface area contributed by atoms with Gasteiger partial charge in [-0.2, -0.15) is 5.48 Å². The van der Waals surface area contributed by atoms with Gasteiger partial charge in [-0.05, 0) is 0 Å². The highest BCUT2D eigenvalue weighted by molar-refractivity contribution is 5.27. The second-order valence-corrected chi connectivity index (χ2v) is 2.13. The first-order chi connectivity index (χ1) is 5.86. The maximum atomic E-state index is 8.56. The van der Waals surface area contributed by atoms with E-state index in [4.69, 9.17) is 15.1 Å². The summed E-state index contributed by atoms with van der Waals surface area (Å²) < 4.78 is 5.00. The predicted molar refractivity (Wildman–Crippen MR) is 40.2 cm³/mol. The fourth-order valence-corrected chi connectivity index (χ4v) is 0.704. The van der Waals surface area contributed by atoms with E-state index in [9.17, 15) is 0 Å². The molecule has 1 aromatic rings. The third-order valence-corrected chi connectivity index (χ3v) is 1.25. The zero-order valence-corrected chi connectivity index (χ0v) is 6.47. The Morgan fingerprint density at radius 2 is 2.33 bits per heavy atom. The summed E-state index contributed by atoms with van der Waals surface area (Å²) in [5, 5.41) is 17.0. The second-order valence-electron chi connectivity index (χ2n) is 2.13.